The normalized spacial score (nSPS) is 17.7. The lowest BCUT2D eigenvalue weighted by Crippen LogP contribution is -2.19. The number of aromatic nitrogens is 2. The second kappa shape index (κ2) is 6.11. The van der Waals surface area contributed by atoms with E-state index in [0.29, 0.717) is 16.6 Å². The average molecular weight is 308 g/mol. The van der Waals surface area contributed by atoms with Crippen LogP contribution in [0.4, 0.5) is 16.5 Å². The summed E-state index contributed by atoms with van der Waals surface area (Å²) in [7, 11) is 0. The van der Waals surface area contributed by atoms with E-state index >= 15 is 0 Å². The van der Waals surface area contributed by atoms with Crippen molar-refractivity contribution >= 4 is 29.3 Å². The predicted molar refractivity (Wildman–Crippen MR) is 78.4 cm³/mol. The van der Waals surface area contributed by atoms with Gasteiger partial charge >= 0.3 is 12.0 Å². The van der Waals surface area contributed by atoms with Gasteiger partial charge in [0.25, 0.3) is 0 Å². The van der Waals surface area contributed by atoms with Crippen molar-refractivity contribution in [2.75, 3.05) is 17.2 Å². The van der Waals surface area contributed by atoms with Crippen LogP contribution >= 0.6 is 11.6 Å². The first-order valence-electron chi connectivity index (χ1n) is 6.62. The Hall–Kier alpha value is -2.12. The van der Waals surface area contributed by atoms with Crippen molar-refractivity contribution in [1.82, 2.24) is 15.5 Å². The van der Waals surface area contributed by atoms with Crippen molar-refractivity contribution in [1.29, 1.82) is 0 Å². The van der Waals surface area contributed by atoms with Gasteiger partial charge in [0.2, 0.25) is 5.89 Å². The Bertz CT molecular complexity index is 639. The summed E-state index contributed by atoms with van der Waals surface area (Å²) in [5.74, 6) is 0.487. The number of halogens is 1. The van der Waals surface area contributed by atoms with Crippen molar-refractivity contribution in [3.05, 3.63) is 35.2 Å². The van der Waals surface area contributed by atoms with E-state index in [0.717, 1.165) is 19.4 Å². The first kappa shape index (κ1) is 13.8. The third-order valence-electron chi connectivity index (χ3n) is 3.14. The molecule has 1 aliphatic rings. The van der Waals surface area contributed by atoms with E-state index in [2.05, 4.69) is 26.1 Å². The molecule has 0 spiro atoms. The molecule has 0 radical (unpaired) electrons. The molecule has 1 fully saturated rings. The van der Waals surface area contributed by atoms with Crippen LogP contribution < -0.4 is 16.0 Å². The molecule has 0 aliphatic carbocycles. The smallest absolute Gasteiger partial charge is 0.327 e. The monoisotopic (exact) mass is 307 g/mol. The lowest BCUT2D eigenvalue weighted by Gasteiger charge is -2.06. The van der Waals surface area contributed by atoms with Gasteiger partial charge in [-0.25, -0.2) is 4.79 Å². The van der Waals surface area contributed by atoms with Crippen molar-refractivity contribution in [3.63, 3.8) is 0 Å². The van der Waals surface area contributed by atoms with E-state index in [-0.39, 0.29) is 12.1 Å². The number of benzene rings is 1. The van der Waals surface area contributed by atoms with Crippen LogP contribution in [0.25, 0.3) is 0 Å². The Morgan fingerprint density at radius 3 is 2.95 bits per heavy atom. The fourth-order valence-electron chi connectivity index (χ4n) is 2.13. The first-order valence-corrected chi connectivity index (χ1v) is 6.99. The second-order valence-corrected chi connectivity index (χ2v) is 5.06. The zero-order valence-corrected chi connectivity index (χ0v) is 11.9. The molecular weight excluding hydrogens is 294 g/mol. The Labute approximate surface area is 126 Å². The Kier molecular flexibility index (Phi) is 4.03. The molecule has 7 nitrogen and oxygen atoms in total. The molecule has 0 saturated carbocycles. The summed E-state index contributed by atoms with van der Waals surface area (Å²) in [5, 5.41) is 16.5. The molecule has 1 unspecified atom stereocenters. The minimum Gasteiger partial charge on any atom is -0.406 e. The van der Waals surface area contributed by atoms with Gasteiger partial charge in [0.1, 0.15) is 0 Å². The van der Waals surface area contributed by atoms with E-state index in [9.17, 15) is 4.79 Å². The highest BCUT2D eigenvalue weighted by atomic mass is 35.5. The van der Waals surface area contributed by atoms with Gasteiger partial charge in [0.15, 0.2) is 0 Å². The van der Waals surface area contributed by atoms with Gasteiger partial charge in [-0.05, 0) is 31.5 Å². The number of hydrogen-bond acceptors (Lipinski definition) is 5. The minimum absolute atomic E-state index is 0.0586. The number of amides is 2. The van der Waals surface area contributed by atoms with Crippen LogP contribution in [0.3, 0.4) is 0 Å². The summed E-state index contributed by atoms with van der Waals surface area (Å²) in [6.07, 6.45) is 2.02. The van der Waals surface area contributed by atoms with Crippen LogP contribution in [0.1, 0.15) is 24.8 Å². The largest absolute Gasteiger partial charge is 0.406 e. The summed E-state index contributed by atoms with van der Waals surface area (Å²) >= 11 is 5.96. The van der Waals surface area contributed by atoms with Crippen LogP contribution in [-0.2, 0) is 0 Å². The summed E-state index contributed by atoms with van der Waals surface area (Å²) < 4.78 is 5.42. The molecule has 1 aromatic heterocycles. The Morgan fingerprint density at radius 2 is 2.19 bits per heavy atom. The molecular formula is C13H14ClN5O2. The summed E-state index contributed by atoms with van der Waals surface area (Å²) in [5.41, 5.74) is 0.508. The van der Waals surface area contributed by atoms with Crippen molar-refractivity contribution in [2.45, 2.75) is 18.9 Å². The van der Waals surface area contributed by atoms with Gasteiger partial charge in [0.05, 0.1) is 16.8 Å². The molecule has 110 valence electrons. The van der Waals surface area contributed by atoms with Gasteiger partial charge in [-0.15, -0.1) is 5.10 Å². The molecule has 2 heterocycles. The maximum atomic E-state index is 11.8. The standard InChI is InChI=1S/C13H14ClN5O2/c14-8-4-1-2-5-9(8)16-12(20)17-13-19-18-11(21-13)10-6-3-7-15-10/h1-2,4-5,10,15H,3,6-7H2,(H2,16,17,19,20). The zero-order valence-electron chi connectivity index (χ0n) is 11.1. The third kappa shape index (κ3) is 3.32. The highest BCUT2D eigenvalue weighted by molar-refractivity contribution is 6.33. The molecule has 0 bridgehead atoms. The van der Waals surface area contributed by atoms with Gasteiger partial charge in [-0.3, -0.25) is 5.32 Å². The maximum Gasteiger partial charge on any atom is 0.327 e. The number of carbonyl (C=O) groups is 1. The first-order chi connectivity index (χ1) is 10.2. The van der Waals surface area contributed by atoms with E-state index in [1.807, 2.05) is 0 Å². The SMILES string of the molecule is O=C(Nc1nnc(C2CCCN2)o1)Nc1ccccc1Cl. The predicted octanol–water partition coefficient (Wildman–Crippen LogP) is 2.79. The molecule has 2 amide bonds. The molecule has 8 heteroatoms. The number of carbonyl (C=O) groups excluding carboxylic acids is 1. The number of urea groups is 1. The summed E-state index contributed by atoms with van der Waals surface area (Å²) in [6.45, 7) is 0.933. The summed E-state index contributed by atoms with van der Waals surface area (Å²) in [6, 6.07) is 6.58. The number of anilines is 2. The molecule has 1 aliphatic heterocycles. The van der Waals surface area contributed by atoms with Crippen LogP contribution in [0, 0.1) is 0 Å². The molecule has 1 aromatic carbocycles. The molecule has 21 heavy (non-hydrogen) atoms. The minimum atomic E-state index is -0.488. The number of nitrogens with zero attached hydrogens (tertiary/aromatic N) is 2. The van der Waals surface area contributed by atoms with Crippen LogP contribution in [-0.4, -0.2) is 22.8 Å². The number of hydrogen-bond donors (Lipinski definition) is 3. The second-order valence-electron chi connectivity index (χ2n) is 4.65. The van der Waals surface area contributed by atoms with Gasteiger partial charge < -0.3 is 15.1 Å². The van der Waals surface area contributed by atoms with Crippen LogP contribution in [0.15, 0.2) is 28.7 Å². The Balaban J connectivity index is 1.61. The lowest BCUT2D eigenvalue weighted by molar-refractivity contribution is 0.261. The molecule has 1 atom stereocenters. The fraction of sp³-hybridized carbons (Fsp3) is 0.308. The number of nitrogens with one attached hydrogen (secondary N) is 3. The highest BCUT2D eigenvalue weighted by Crippen LogP contribution is 2.23. The highest BCUT2D eigenvalue weighted by Gasteiger charge is 2.22. The van der Waals surface area contributed by atoms with Crippen molar-refractivity contribution < 1.29 is 9.21 Å². The maximum absolute atomic E-state index is 11.8. The topological polar surface area (TPSA) is 92.1 Å². The molecule has 1 saturated heterocycles. The van der Waals surface area contributed by atoms with Gasteiger partial charge in [0, 0.05) is 0 Å². The van der Waals surface area contributed by atoms with E-state index < -0.39 is 6.03 Å². The van der Waals surface area contributed by atoms with E-state index in [4.69, 9.17) is 16.0 Å². The Morgan fingerprint density at radius 1 is 1.33 bits per heavy atom. The molecule has 3 rings (SSSR count). The van der Waals surface area contributed by atoms with Gasteiger partial charge in [-0.1, -0.05) is 28.8 Å². The third-order valence-corrected chi connectivity index (χ3v) is 3.47. The van der Waals surface area contributed by atoms with Crippen LogP contribution in [0.5, 0.6) is 0 Å². The quantitative estimate of drug-likeness (QED) is 0.811. The lowest BCUT2D eigenvalue weighted by atomic mass is 10.2. The van der Waals surface area contributed by atoms with E-state index in [1.54, 1.807) is 24.3 Å². The molecule has 2 aromatic rings. The summed E-state index contributed by atoms with van der Waals surface area (Å²) in [4.78, 5) is 11.8. The van der Waals surface area contributed by atoms with Crippen molar-refractivity contribution in [3.8, 4) is 0 Å². The average Bonchev–Trinajstić information content (AvgIpc) is 3.12. The fourth-order valence-corrected chi connectivity index (χ4v) is 2.32. The number of para-hydroxylation sites is 1. The molecule has 3 N–H and O–H groups in total. The van der Waals surface area contributed by atoms with E-state index in [1.165, 1.54) is 0 Å². The van der Waals surface area contributed by atoms with Crippen molar-refractivity contribution in [2.24, 2.45) is 0 Å². The zero-order chi connectivity index (χ0) is 14.7. The van der Waals surface area contributed by atoms with Crippen LogP contribution in [0.2, 0.25) is 5.02 Å². The van der Waals surface area contributed by atoms with Gasteiger partial charge in [-0.2, -0.15) is 0 Å². The number of rotatable bonds is 3.